The molecule has 9 heteroatoms. The molecule has 0 unspecified atom stereocenters. The van der Waals surface area contributed by atoms with Crippen LogP contribution in [0, 0.1) is 24.1 Å². The maximum absolute atomic E-state index is 15.3. The second-order valence-corrected chi connectivity index (χ2v) is 7.25. The molecule has 4 rings (SSSR count). The molecule has 1 amide bonds. The van der Waals surface area contributed by atoms with Crippen molar-refractivity contribution in [3.63, 3.8) is 0 Å². The average Bonchev–Trinajstić information content (AvgIpc) is 3.40. The van der Waals surface area contributed by atoms with Gasteiger partial charge in [0.2, 0.25) is 6.79 Å². The number of nitriles is 1. The highest BCUT2D eigenvalue weighted by molar-refractivity contribution is 6.04. The van der Waals surface area contributed by atoms with E-state index in [1.807, 2.05) is 0 Å². The molecule has 160 valence electrons. The molecule has 2 aliphatic heterocycles. The van der Waals surface area contributed by atoms with Crippen molar-refractivity contribution in [3.8, 4) is 28.7 Å². The van der Waals surface area contributed by atoms with E-state index >= 15 is 4.39 Å². The molecule has 31 heavy (non-hydrogen) atoms. The molecule has 1 saturated heterocycles. The van der Waals surface area contributed by atoms with Crippen molar-refractivity contribution < 1.29 is 28.6 Å². The minimum Gasteiger partial charge on any atom is -0.453 e. The van der Waals surface area contributed by atoms with Gasteiger partial charge in [0.1, 0.15) is 18.5 Å². The number of aliphatic hydroxyl groups excluding tert-OH is 1. The third-order valence-electron chi connectivity index (χ3n) is 5.51. The third kappa shape index (κ3) is 3.45. The van der Waals surface area contributed by atoms with E-state index in [4.69, 9.17) is 14.3 Å². The largest absolute Gasteiger partial charge is 0.453 e. The molecule has 0 spiro atoms. The van der Waals surface area contributed by atoms with Crippen LogP contribution in [0.4, 0.5) is 4.39 Å². The van der Waals surface area contributed by atoms with Gasteiger partial charge < -0.3 is 24.3 Å². The van der Waals surface area contributed by atoms with Gasteiger partial charge in [-0.3, -0.25) is 4.79 Å². The first-order valence-electron chi connectivity index (χ1n) is 9.63. The number of fused-ring (bicyclic) bond motifs is 1. The van der Waals surface area contributed by atoms with Gasteiger partial charge >= 0.3 is 0 Å². The van der Waals surface area contributed by atoms with Crippen molar-refractivity contribution in [2.75, 3.05) is 27.1 Å². The lowest BCUT2D eigenvalue weighted by molar-refractivity contribution is 0.0670. The lowest BCUT2D eigenvalue weighted by Crippen LogP contribution is -2.38. The fourth-order valence-corrected chi connectivity index (χ4v) is 4.00. The predicted molar refractivity (Wildman–Crippen MR) is 108 cm³/mol. The van der Waals surface area contributed by atoms with E-state index in [1.165, 1.54) is 18.1 Å². The molecule has 2 aromatic carbocycles. The predicted octanol–water partition coefficient (Wildman–Crippen LogP) is 2.61. The highest BCUT2D eigenvalue weighted by Crippen LogP contribution is 2.46. The van der Waals surface area contributed by atoms with Crippen molar-refractivity contribution in [3.05, 3.63) is 46.8 Å². The summed E-state index contributed by atoms with van der Waals surface area (Å²) < 4.78 is 26.4. The highest BCUT2D eigenvalue weighted by Gasteiger charge is 2.38. The molecule has 0 aliphatic carbocycles. The summed E-state index contributed by atoms with van der Waals surface area (Å²) in [7, 11) is 1.39. The first-order valence-corrected chi connectivity index (χ1v) is 9.63. The second kappa shape index (κ2) is 8.24. The van der Waals surface area contributed by atoms with Crippen LogP contribution in [0.15, 0.2) is 29.4 Å². The summed E-state index contributed by atoms with van der Waals surface area (Å²) in [6.45, 7) is 1.41. The minimum absolute atomic E-state index is 0.00980. The number of carbonyl (C=O) groups excluding carboxylic acids is 1. The number of aliphatic hydroxyl groups is 1. The van der Waals surface area contributed by atoms with Crippen LogP contribution in [0.1, 0.15) is 27.9 Å². The molecule has 0 radical (unpaired) electrons. The monoisotopic (exact) mass is 425 g/mol. The summed E-state index contributed by atoms with van der Waals surface area (Å²) in [6, 6.07) is 7.91. The van der Waals surface area contributed by atoms with Crippen LogP contribution in [-0.4, -0.2) is 54.7 Å². The number of hydrogen-bond donors (Lipinski definition) is 1. The molecule has 0 aromatic heterocycles. The van der Waals surface area contributed by atoms with E-state index in [2.05, 4.69) is 11.2 Å². The van der Waals surface area contributed by atoms with Crippen LogP contribution in [0.2, 0.25) is 0 Å². The summed E-state index contributed by atoms with van der Waals surface area (Å²) in [5, 5.41) is 22.9. The van der Waals surface area contributed by atoms with Crippen molar-refractivity contribution >= 4 is 11.6 Å². The summed E-state index contributed by atoms with van der Waals surface area (Å²) in [4.78, 5) is 19.4. The molecular weight excluding hydrogens is 405 g/mol. The first-order chi connectivity index (χ1) is 15.0. The van der Waals surface area contributed by atoms with Crippen molar-refractivity contribution in [1.29, 1.82) is 5.26 Å². The maximum Gasteiger partial charge on any atom is 0.261 e. The van der Waals surface area contributed by atoms with E-state index in [0.29, 0.717) is 34.4 Å². The molecule has 1 N–H and O–H groups in total. The van der Waals surface area contributed by atoms with Crippen LogP contribution >= 0.6 is 0 Å². The Balaban J connectivity index is 1.80. The van der Waals surface area contributed by atoms with Gasteiger partial charge in [-0.15, -0.1) is 0 Å². The molecule has 2 aromatic rings. The standard InChI is InChI=1S/C22H20FN3O5/c1-12-13(8-24)4-3-5-16(12)17-7-18(23)19(21-20(17)30-11-31-21)22(28)26-9-14(25-29-2)6-15(26)10-27/h3-5,7,15,27H,6,9-11H2,1-2H3/b25-14+/t15-/m0/s1. The zero-order valence-electron chi connectivity index (χ0n) is 17.0. The summed E-state index contributed by atoms with van der Waals surface area (Å²) in [6.07, 6.45) is 0.329. The average molecular weight is 425 g/mol. The highest BCUT2D eigenvalue weighted by atomic mass is 19.1. The normalized spacial score (nSPS) is 18.4. The van der Waals surface area contributed by atoms with Gasteiger partial charge in [0.15, 0.2) is 11.5 Å². The number of amides is 1. The summed E-state index contributed by atoms with van der Waals surface area (Å²) >= 11 is 0. The van der Waals surface area contributed by atoms with Gasteiger partial charge in [-0.05, 0) is 30.2 Å². The number of likely N-dealkylation sites (tertiary alicyclic amines) is 1. The Bertz CT molecular complexity index is 1130. The molecule has 2 aliphatic rings. The van der Waals surface area contributed by atoms with E-state index in [-0.39, 0.29) is 37.0 Å². The fraction of sp³-hybridized carbons (Fsp3) is 0.318. The quantitative estimate of drug-likeness (QED) is 0.755. The second-order valence-electron chi connectivity index (χ2n) is 7.25. The van der Waals surface area contributed by atoms with Crippen molar-refractivity contribution in [2.24, 2.45) is 5.16 Å². The topological polar surface area (TPSA) is 104 Å². The van der Waals surface area contributed by atoms with E-state index in [0.717, 1.165) is 0 Å². The van der Waals surface area contributed by atoms with Gasteiger partial charge in [-0.1, -0.05) is 17.3 Å². The van der Waals surface area contributed by atoms with Crippen molar-refractivity contribution in [1.82, 2.24) is 4.90 Å². The lowest BCUT2D eigenvalue weighted by atomic mass is 9.94. The summed E-state index contributed by atoms with van der Waals surface area (Å²) in [5.41, 5.74) is 2.45. The Morgan fingerprint density at radius 1 is 1.39 bits per heavy atom. The molecular formula is C22H20FN3O5. The smallest absolute Gasteiger partial charge is 0.261 e. The summed E-state index contributed by atoms with van der Waals surface area (Å²) in [5.74, 6) is -1.16. The number of rotatable bonds is 4. The number of halogens is 1. The Kier molecular flexibility index (Phi) is 5.48. The molecule has 0 saturated carbocycles. The maximum atomic E-state index is 15.3. The van der Waals surface area contributed by atoms with Gasteiger partial charge in [0, 0.05) is 12.0 Å². The molecule has 1 fully saturated rings. The fourth-order valence-electron chi connectivity index (χ4n) is 4.00. The van der Waals surface area contributed by atoms with Gasteiger partial charge in [-0.2, -0.15) is 5.26 Å². The van der Waals surface area contributed by atoms with Crippen LogP contribution in [0.25, 0.3) is 11.1 Å². The van der Waals surface area contributed by atoms with E-state index in [1.54, 1.807) is 25.1 Å². The molecule has 8 nitrogen and oxygen atoms in total. The van der Waals surface area contributed by atoms with E-state index in [9.17, 15) is 15.2 Å². The van der Waals surface area contributed by atoms with Crippen LogP contribution < -0.4 is 9.47 Å². The Labute approximate surface area is 178 Å². The molecule has 1 atom stereocenters. The number of ether oxygens (including phenoxy) is 2. The van der Waals surface area contributed by atoms with Crippen LogP contribution in [0.3, 0.4) is 0 Å². The SMILES string of the molecule is CO/N=C1\C[C@@H](CO)N(C(=O)c2c(F)cc(-c3cccc(C#N)c3C)c3c2OCO3)C1. The van der Waals surface area contributed by atoms with Crippen molar-refractivity contribution in [2.45, 2.75) is 19.4 Å². The minimum atomic E-state index is -0.778. The number of nitrogens with zero attached hydrogens (tertiary/aromatic N) is 3. The van der Waals surface area contributed by atoms with Gasteiger partial charge in [0.05, 0.1) is 36.5 Å². The molecule has 2 heterocycles. The van der Waals surface area contributed by atoms with E-state index < -0.39 is 17.8 Å². The Morgan fingerprint density at radius 3 is 2.87 bits per heavy atom. The Morgan fingerprint density at radius 2 is 2.16 bits per heavy atom. The third-order valence-corrected chi connectivity index (χ3v) is 5.51. The van der Waals surface area contributed by atoms with Gasteiger partial charge in [0.25, 0.3) is 5.91 Å². The number of benzene rings is 2. The zero-order valence-corrected chi connectivity index (χ0v) is 17.0. The van der Waals surface area contributed by atoms with Crippen LogP contribution in [0.5, 0.6) is 11.5 Å². The lowest BCUT2D eigenvalue weighted by Gasteiger charge is -2.23. The first kappa shape index (κ1) is 20.6. The van der Waals surface area contributed by atoms with Crippen LogP contribution in [-0.2, 0) is 4.84 Å². The Hall–Kier alpha value is -3.64. The number of oxime groups is 1. The number of carbonyl (C=O) groups is 1. The number of hydrogen-bond acceptors (Lipinski definition) is 7. The van der Waals surface area contributed by atoms with Gasteiger partial charge in [-0.25, -0.2) is 4.39 Å². The zero-order chi connectivity index (χ0) is 22.1. The molecule has 0 bridgehead atoms.